The minimum absolute atomic E-state index is 0.306. The van der Waals surface area contributed by atoms with Crippen LogP contribution in [0.25, 0.3) is 0 Å². The van der Waals surface area contributed by atoms with Crippen molar-refractivity contribution < 1.29 is 13.5 Å². The van der Waals surface area contributed by atoms with E-state index in [0.717, 1.165) is 26.2 Å². The van der Waals surface area contributed by atoms with E-state index in [4.69, 9.17) is 21.4 Å². The molecule has 6 nitrogen and oxygen atoms in total. The second kappa shape index (κ2) is 8.75. The molecule has 0 bridgehead atoms. The highest BCUT2D eigenvalue weighted by molar-refractivity contribution is 7.71. The molecule has 1 aromatic heterocycles. The molecular weight excluding hydrogens is 391 g/mol. The first-order valence-electron chi connectivity index (χ1n) is 9.61. The zero-order valence-electron chi connectivity index (χ0n) is 16.2. The summed E-state index contributed by atoms with van der Waals surface area (Å²) in [5, 5.41) is 4.49. The monoisotopic (exact) mass is 414 g/mol. The average Bonchev–Trinajstić information content (AvgIpc) is 3.11. The summed E-state index contributed by atoms with van der Waals surface area (Å²) in [7, 11) is 0. The summed E-state index contributed by atoms with van der Waals surface area (Å²) in [5.41, 5.74) is 1.25. The lowest BCUT2D eigenvalue weighted by atomic mass is 10.2. The second-order valence-corrected chi connectivity index (χ2v) is 7.35. The molecule has 1 aliphatic heterocycles. The third-order valence-electron chi connectivity index (χ3n) is 4.92. The Morgan fingerprint density at radius 2 is 1.76 bits per heavy atom. The van der Waals surface area contributed by atoms with Crippen LogP contribution in [0.2, 0.25) is 0 Å². The molecule has 29 heavy (non-hydrogen) atoms. The summed E-state index contributed by atoms with van der Waals surface area (Å²) in [6, 6.07) is 16.3. The molecule has 0 radical (unpaired) electrons. The fraction of sp³-hybridized carbons (Fsp3) is 0.333. The van der Waals surface area contributed by atoms with Crippen LogP contribution in [0.1, 0.15) is 18.9 Å². The highest BCUT2D eigenvalue weighted by Gasteiger charge is 2.20. The lowest BCUT2D eigenvalue weighted by molar-refractivity contribution is 0.185. The van der Waals surface area contributed by atoms with Gasteiger partial charge in [-0.25, -0.2) is 9.07 Å². The SMILES string of the molecule is C[C@@H](Oc1ccc(F)cc1)c1nn(CN2CCN(c3ccccc3)CC2)c(=S)o1. The third kappa shape index (κ3) is 4.83. The van der Waals surface area contributed by atoms with Gasteiger partial charge in [0.25, 0.3) is 10.7 Å². The van der Waals surface area contributed by atoms with Crippen molar-refractivity contribution in [2.45, 2.75) is 19.7 Å². The molecule has 1 atom stereocenters. The maximum Gasteiger partial charge on any atom is 0.288 e. The van der Waals surface area contributed by atoms with Crippen molar-refractivity contribution in [3.8, 4) is 5.75 Å². The van der Waals surface area contributed by atoms with E-state index in [9.17, 15) is 4.39 Å². The Labute approximate surface area is 174 Å². The molecule has 2 aromatic carbocycles. The predicted molar refractivity (Wildman–Crippen MR) is 111 cm³/mol. The van der Waals surface area contributed by atoms with Crippen molar-refractivity contribution in [3.05, 3.63) is 71.1 Å². The standard InChI is InChI=1S/C21H23FN4O2S/c1-16(27-19-9-7-17(22)8-10-19)20-23-26(21(29)28-20)15-24-11-13-25(14-12-24)18-5-3-2-4-6-18/h2-10,16H,11-15H2,1H3/t16-/m1/s1. The maximum absolute atomic E-state index is 13.0. The Morgan fingerprint density at radius 3 is 2.45 bits per heavy atom. The van der Waals surface area contributed by atoms with Gasteiger partial charge in [-0.2, -0.15) is 0 Å². The molecule has 0 N–H and O–H groups in total. The second-order valence-electron chi connectivity index (χ2n) is 7.00. The van der Waals surface area contributed by atoms with Gasteiger partial charge in [0.2, 0.25) is 0 Å². The molecule has 0 aliphatic carbocycles. The van der Waals surface area contributed by atoms with Gasteiger partial charge in [-0.1, -0.05) is 18.2 Å². The summed E-state index contributed by atoms with van der Waals surface area (Å²) in [6.07, 6.45) is -0.432. The number of nitrogens with zero attached hydrogens (tertiary/aromatic N) is 4. The zero-order valence-corrected chi connectivity index (χ0v) is 17.0. The molecule has 2 heterocycles. The largest absolute Gasteiger partial charge is 0.481 e. The minimum Gasteiger partial charge on any atom is -0.481 e. The summed E-state index contributed by atoms with van der Waals surface area (Å²) in [4.78, 5) is 5.00. The zero-order chi connectivity index (χ0) is 20.2. The van der Waals surface area contributed by atoms with E-state index in [-0.39, 0.29) is 5.82 Å². The van der Waals surface area contributed by atoms with Crippen LogP contribution < -0.4 is 9.64 Å². The van der Waals surface area contributed by atoms with E-state index in [2.05, 4.69) is 39.2 Å². The van der Waals surface area contributed by atoms with Gasteiger partial charge in [0.15, 0.2) is 6.10 Å². The van der Waals surface area contributed by atoms with Gasteiger partial charge in [-0.05, 0) is 55.5 Å². The normalized spacial score (nSPS) is 16.0. The van der Waals surface area contributed by atoms with Crippen molar-refractivity contribution in [2.75, 3.05) is 31.1 Å². The smallest absolute Gasteiger partial charge is 0.288 e. The van der Waals surface area contributed by atoms with Crippen molar-refractivity contribution in [1.82, 2.24) is 14.7 Å². The number of benzene rings is 2. The summed E-state index contributed by atoms with van der Waals surface area (Å²) >= 11 is 5.33. The summed E-state index contributed by atoms with van der Waals surface area (Å²) in [5.74, 6) is 0.646. The number of para-hydroxylation sites is 1. The Bertz CT molecular complexity index is 982. The molecule has 1 saturated heterocycles. The first-order valence-corrected chi connectivity index (χ1v) is 10.0. The lowest BCUT2D eigenvalue weighted by Gasteiger charge is -2.35. The topological polar surface area (TPSA) is 46.7 Å². The van der Waals surface area contributed by atoms with E-state index in [1.54, 1.807) is 16.8 Å². The molecule has 3 aromatic rings. The van der Waals surface area contributed by atoms with Gasteiger partial charge in [0, 0.05) is 31.9 Å². The van der Waals surface area contributed by atoms with Gasteiger partial charge in [-0.3, -0.25) is 4.90 Å². The number of piperazine rings is 1. The molecule has 0 unspecified atom stereocenters. The number of halogens is 1. The van der Waals surface area contributed by atoms with Crippen molar-refractivity contribution in [1.29, 1.82) is 0 Å². The van der Waals surface area contributed by atoms with Gasteiger partial charge < -0.3 is 14.1 Å². The van der Waals surface area contributed by atoms with Crippen LogP contribution >= 0.6 is 12.2 Å². The van der Waals surface area contributed by atoms with Crippen LogP contribution in [0.3, 0.4) is 0 Å². The lowest BCUT2D eigenvalue weighted by Crippen LogP contribution is -2.46. The number of aromatic nitrogens is 2. The Morgan fingerprint density at radius 1 is 1.07 bits per heavy atom. The highest BCUT2D eigenvalue weighted by Crippen LogP contribution is 2.21. The van der Waals surface area contributed by atoms with Crippen molar-refractivity contribution in [2.24, 2.45) is 0 Å². The third-order valence-corrected chi connectivity index (χ3v) is 5.22. The van der Waals surface area contributed by atoms with Gasteiger partial charge in [0.1, 0.15) is 11.6 Å². The van der Waals surface area contributed by atoms with Crippen LogP contribution in [0.15, 0.2) is 59.0 Å². The number of hydrogen-bond donors (Lipinski definition) is 0. The fourth-order valence-corrected chi connectivity index (χ4v) is 3.50. The fourth-order valence-electron chi connectivity index (χ4n) is 3.32. The molecule has 8 heteroatoms. The molecule has 152 valence electrons. The predicted octanol–water partition coefficient (Wildman–Crippen LogP) is 4.26. The summed E-state index contributed by atoms with van der Waals surface area (Å²) < 4.78 is 26.1. The van der Waals surface area contributed by atoms with Gasteiger partial charge in [-0.15, -0.1) is 5.10 Å². The minimum atomic E-state index is -0.432. The maximum atomic E-state index is 13.0. The van der Waals surface area contributed by atoms with E-state index >= 15 is 0 Å². The molecule has 0 amide bonds. The average molecular weight is 415 g/mol. The van der Waals surface area contributed by atoms with Gasteiger partial charge in [0.05, 0.1) is 6.67 Å². The first-order chi connectivity index (χ1) is 14.1. The van der Waals surface area contributed by atoms with Crippen LogP contribution in [0.5, 0.6) is 5.75 Å². The molecule has 0 spiro atoms. The highest BCUT2D eigenvalue weighted by atomic mass is 32.1. The molecule has 0 saturated carbocycles. The van der Waals surface area contributed by atoms with E-state index in [1.807, 2.05) is 13.0 Å². The number of rotatable bonds is 6. The van der Waals surface area contributed by atoms with E-state index in [1.165, 1.54) is 17.8 Å². The molecule has 1 fully saturated rings. The Balaban J connectivity index is 1.35. The van der Waals surface area contributed by atoms with Gasteiger partial charge >= 0.3 is 0 Å². The number of hydrogen-bond acceptors (Lipinski definition) is 6. The van der Waals surface area contributed by atoms with Crippen LogP contribution in [-0.4, -0.2) is 40.9 Å². The van der Waals surface area contributed by atoms with E-state index in [0.29, 0.717) is 23.1 Å². The number of ether oxygens (including phenoxy) is 1. The summed E-state index contributed by atoms with van der Waals surface area (Å²) in [6.45, 7) is 6.14. The first kappa shape index (κ1) is 19.6. The van der Waals surface area contributed by atoms with Crippen molar-refractivity contribution >= 4 is 17.9 Å². The van der Waals surface area contributed by atoms with Crippen LogP contribution in [-0.2, 0) is 6.67 Å². The Hall–Kier alpha value is -2.71. The van der Waals surface area contributed by atoms with Crippen LogP contribution in [0.4, 0.5) is 10.1 Å². The van der Waals surface area contributed by atoms with E-state index < -0.39 is 6.10 Å². The molecular formula is C21H23FN4O2S. The molecule has 4 rings (SSSR count). The van der Waals surface area contributed by atoms with Crippen LogP contribution in [0, 0.1) is 10.7 Å². The Kier molecular flexibility index (Phi) is 5.92. The van der Waals surface area contributed by atoms with Crippen molar-refractivity contribution in [3.63, 3.8) is 0 Å². The number of anilines is 1. The quantitative estimate of drug-likeness (QED) is 0.562. The molecule has 1 aliphatic rings.